The van der Waals surface area contributed by atoms with Gasteiger partial charge < -0.3 is 14.7 Å². The molecule has 110 valence electrons. The number of hydrogen-bond donors (Lipinski definition) is 1. The molecule has 0 aromatic carbocycles. The Balaban J connectivity index is 2.87. The molecule has 0 spiro atoms. The Bertz CT molecular complexity index is 468. The van der Waals surface area contributed by atoms with Crippen LogP contribution in [-0.2, 0) is 14.3 Å². The second-order valence-corrected chi connectivity index (χ2v) is 4.95. The number of carbonyl (C=O) groups is 2. The molecule has 0 aliphatic carbocycles. The van der Waals surface area contributed by atoms with Gasteiger partial charge >= 0.3 is 5.97 Å². The summed E-state index contributed by atoms with van der Waals surface area (Å²) in [5, 5.41) is 8.77. The van der Waals surface area contributed by atoms with Crippen molar-refractivity contribution in [3.63, 3.8) is 0 Å². The summed E-state index contributed by atoms with van der Waals surface area (Å²) in [5.41, 5.74) is 0.489. The summed E-state index contributed by atoms with van der Waals surface area (Å²) in [7, 11) is 0. The third-order valence-electron chi connectivity index (χ3n) is 3.37. The number of nitrogens with zero attached hydrogens (tertiary/aromatic N) is 1. The van der Waals surface area contributed by atoms with Gasteiger partial charge in [-0.1, -0.05) is 13.2 Å². The van der Waals surface area contributed by atoms with Crippen molar-refractivity contribution in [2.45, 2.75) is 39.5 Å². The maximum Gasteiger partial charge on any atom is 0.339 e. The van der Waals surface area contributed by atoms with Gasteiger partial charge in [-0.3, -0.25) is 4.79 Å². The molecular formula is C15H21NO4. The molecule has 1 heterocycles. The third kappa shape index (κ3) is 3.57. The molecule has 1 N–H and O–H groups in total. The summed E-state index contributed by atoms with van der Waals surface area (Å²) in [5.74, 6) is -1.90. The van der Waals surface area contributed by atoms with Crippen LogP contribution in [0.2, 0.25) is 0 Å². The summed E-state index contributed by atoms with van der Waals surface area (Å²) >= 11 is 0. The van der Waals surface area contributed by atoms with E-state index in [0.29, 0.717) is 17.9 Å². The van der Waals surface area contributed by atoms with Crippen LogP contribution in [0.5, 0.6) is 0 Å². The van der Waals surface area contributed by atoms with Crippen molar-refractivity contribution in [1.82, 2.24) is 4.90 Å². The molecule has 0 aromatic heterocycles. The molecule has 2 atom stereocenters. The summed E-state index contributed by atoms with van der Waals surface area (Å²) in [6.45, 7) is 13.4. The van der Waals surface area contributed by atoms with Crippen molar-refractivity contribution in [2.75, 3.05) is 6.61 Å². The smallest absolute Gasteiger partial charge is 0.339 e. The minimum Gasteiger partial charge on any atom is -0.478 e. The molecule has 5 nitrogen and oxygen atoms in total. The number of allylic oxidation sites excluding steroid dienone is 2. The zero-order chi connectivity index (χ0) is 15.4. The maximum absolute atomic E-state index is 11.8. The minimum atomic E-state index is -1.31. The van der Waals surface area contributed by atoms with Crippen LogP contribution in [0.3, 0.4) is 0 Å². The largest absolute Gasteiger partial charge is 0.478 e. The molecule has 20 heavy (non-hydrogen) atoms. The number of hydrogen-bond acceptors (Lipinski definition) is 4. The van der Waals surface area contributed by atoms with Crippen LogP contribution in [0.15, 0.2) is 36.1 Å². The highest BCUT2D eigenvalue weighted by molar-refractivity contribution is 6.22. The SMILES string of the molecule is C=C(C(=O)O)C(=O)/C(C)=C/C(=C)N1C(C)OCC[C@H]1C. The standard InChI is InChI=1S/C15H21NO4/c1-9(14(17)12(4)15(18)19)8-11(3)16-10(2)6-7-20-13(16)5/h8,10,13H,3-4,6-7H2,1-2,5H3,(H,18,19)/b9-8+/t10-,13?/m1/s1. The lowest BCUT2D eigenvalue weighted by Gasteiger charge is -2.41. The van der Waals surface area contributed by atoms with E-state index in [9.17, 15) is 9.59 Å². The first-order valence-corrected chi connectivity index (χ1v) is 6.49. The van der Waals surface area contributed by atoms with E-state index in [4.69, 9.17) is 9.84 Å². The third-order valence-corrected chi connectivity index (χ3v) is 3.37. The molecule has 5 heteroatoms. The molecule has 1 aliphatic heterocycles. The lowest BCUT2D eigenvalue weighted by Crippen LogP contribution is -2.45. The van der Waals surface area contributed by atoms with E-state index in [2.05, 4.69) is 20.1 Å². The van der Waals surface area contributed by atoms with Gasteiger partial charge in [0.05, 0.1) is 12.2 Å². The van der Waals surface area contributed by atoms with Crippen molar-refractivity contribution in [3.8, 4) is 0 Å². The molecule has 1 saturated heterocycles. The highest BCUT2D eigenvalue weighted by Crippen LogP contribution is 2.23. The fourth-order valence-corrected chi connectivity index (χ4v) is 2.23. The predicted octanol–water partition coefficient (Wildman–Crippen LogP) is 2.11. The van der Waals surface area contributed by atoms with E-state index in [1.165, 1.54) is 0 Å². The Kier molecular flexibility index (Phi) is 5.27. The van der Waals surface area contributed by atoms with Gasteiger partial charge in [0.2, 0.25) is 0 Å². The van der Waals surface area contributed by atoms with Crippen molar-refractivity contribution >= 4 is 11.8 Å². The van der Waals surface area contributed by atoms with Crippen LogP contribution in [0.25, 0.3) is 0 Å². The van der Waals surface area contributed by atoms with E-state index in [1.807, 2.05) is 11.8 Å². The highest BCUT2D eigenvalue weighted by atomic mass is 16.5. The lowest BCUT2D eigenvalue weighted by molar-refractivity contribution is -0.134. The molecule has 0 bridgehead atoms. The monoisotopic (exact) mass is 279 g/mol. The summed E-state index contributed by atoms with van der Waals surface area (Å²) in [6, 6.07) is 0.257. The van der Waals surface area contributed by atoms with Gasteiger partial charge in [0, 0.05) is 11.7 Å². The van der Waals surface area contributed by atoms with Crippen LogP contribution in [0.4, 0.5) is 0 Å². The van der Waals surface area contributed by atoms with E-state index in [0.717, 1.165) is 6.42 Å². The second kappa shape index (κ2) is 6.52. The first-order chi connectivity index (χ1) is 9.25. The number of carboxylic acid groups (broad SMARTS) is 1. The van der Waals surface area contributed by atoms with Crippen LogP contribution in [0, 0.1) is 0 Å². The molecule has 0 aromatic rings. The maximum atomic E-state index is 11.8. The summed E-state index contributed by atoms with van der Waals surface area (Å²) in [6.07, 6.45) is 2.34. The van der Waals surface area contributed by atoms with Gasteiger partial charge in [0.25, 0.3) is 0 Å². The van der Waals surface area contributed by atoms with Gasteiger partial charge in [-0.15, -0.1) is 0 Å². The van der Waals surface area contributed by atoms with E-state index in [-0.39, 0.29) is 12.3 Å². The number of Topliss-reactive ketones (excluding diaryl/α,β-unsaturated/α-hetero) is 1. The zero-order valence-electron chi connectivity index (χ0n) is 12.2. The van der Waals surface area contributed by atoms with Crippen molar-refractivity contribution in [3.05, 3.63) is 36.1 Å². The molecule has 1 aliphatic rings. The summed E-state index contributed by atoms with van der Waals surface area (Å²) in [4.78, 5) is 24.5. The average molecular weight is 279 g/mol. The lowest BCUT2D eigenvalue weighted by atomic mass is 10.0. The van der Waals surface area contributed by atoms with Crippen molar-refractivity contribution < 1.29 is 19.4 Å². The molecular weight excluding hydrogens is 258 g/mol. The molecule has 0 radical (unpaired) electrons. The zero-order valence-corrected chi connectivity index (χ0v) is 12.2. The van der Waals surface area contributed by atoms with Gasteiger partial charge in [0.1, 0.15) is 6.23 Å². The Morgan fingerprint density at radius 1 is 1.35 bits per heavy atom. The first-order valence-electron chi connectivity index (χ1n) is 6.49. The number of rotatable bonds is 5. The summed E-state index contributed by atoms with van der Waals surface area (Å²) < 4.78 is 5.55. The minimum absolute atomic E-state index is 0.118. The highest BCUT2D eigenvalue weighted by Gasteiger charge is 2.26. The number of carbonyl (C=O) groups excluding carboxylic acids is 1. The van der Waals surface area contributed by atoms with Gasteiger partial charge in [-0.25, -0.2) is 4.79 Å². The van der Waals surface area contributed by atoms with Crippen molar-refractivity contribution in [1.29, 1.82) is 0 Å². The Morgan fingerprint density at radius 2 is 1.95 bits per heavy atom. The van der Waals surface area contributed by atoms with Gasteiger partial charge in [-0.2, -0.15) is 0 Å². The van der Waals surface area contributed by atoms with Crippen LogP contribution < -0.4 is 0 Å². The number of carboxylic acids is 1. The predicted molar refractivity (Wildman–Crippen MR) is 76.0 cm³/mol. The molecule has 1 rings (SSSR count). The second-order valence-electron chi connectivity index (χ2n) is 4.95. The fraction of sp³-hybridized carbons (Fsp3) is 0.467. The Morgan fingerprint density at radius 3 is 2.45 bits per heavy atom. The number of aliphatic carboxylic acids is 1. The molecule has 1 unspecified atom stereocenters. The van der Waals surface area contributed by atoms with Crippen molar-refractivity contribution in [2.24, 2.45) is 0 Å². The normalized spacial score (nSPS) is 23.4. The first kappa shape index (κ1) is 16.2. The van der Waals surface area contributed by atoms with E-state index >= 15 is 0 Å². The molecule has 1 fully saturated rings. The average Bonchev–Trinajstić information content (AvgIpc) is 2.36. The molecule has 0 saturated carbocycles. The fourth-order valence-electron chi connectivity index (χ4n) is 2.23. The van der Waals surface area contributed by atoms with Crippen LogP contribution in [0.1, 0.15) is 27.2 Å². The quantitative estimate of drug-likeness (QED) is 0.361. The van der Waals surface area contributed by atoms with E-state index < -0.39 is 17.3 Å². The van der Waals surface area contributed by atoms with Crippen LogP contribution in [-0.4, -0.2) is 40.6 Å². The Labute approximate surface area is 119 Å². The van der Waals surface area contributed by atoms with E-state index in [1.54, 1.807) is 13.0 Å². The number of ether oxygens (including phenoxy) is 1. The molecule has 0 amide bonds. The van der Waals surface area contributed by atoms with Gasteiger partial charge in [-0.05, 0) is 38.8 Å². The Hall–Kier alpha value is -1.88. The van der Waals surface area contributed by atoms with Gasteiger partial charge in [0.15, 0.2) is 5.78 Å². The topological polar surface area (TPSA) is 66.8 Å². The number of ketones is 1. The van der Waals surface area contributed by atoms with Crippen LogP contribution >= 0.6 is 0 Å².